The zero-order valence-corrected chi connectivity index (χ0v) is 8.96. The van der Waals surface area contributed by atoms with E-state index >= 15 is 0 Å². The van der Waals surface area contributed by atoms with Crippen molar-refractivity contribution < 1.29 is 22.4 Å². The maximum absolute atomic E-state index is 12.5. The number of carbonyl (C=O) groups is 1. The van der Waals surface area contributed by atoms with Crippen LogP contribution in [0.4, 0.5) is 23.2 Å². The molecule has 4 N–H and O–H groups in total. The van der Waals surface area contributed by atoms with Crippen LogP contribution in [0.15, 0.2) is 18.3 Å². The molecule has 1 aromatic heterocycles. The van der Waals surface area contributed by atoms with Gasteiger partial charge in [0, 0.05) is 0 Å². The van der Waals surface area contributed by atoms with Gasteiger partial charge in [0.05, 0.1) is 18.4 Å². The van der Waals surface area contributed by atoms with E-state index in [-0.39, 0.29) is 5.69 Å². The van der Waals surface area contributed by atoms with E-state index in [0.717, 1.165) is 0 Å². The number of hydrogen-bond acceptors (Lipinski definition) is 4. The van der Waals surface area contributed by atoms with Gasteiger partial charge in [-0.1, -0.05) is 0 Å². The molecule has 0 saturated heterocycles. The Kier molecular flexibility index (Phi) is 4.43. The number of halogens is 4. The van der Waals surface area contributed by atoms with Crippen LogP contribution in [-0.4, -0.2) is 29.8 Å². The number of carbonyl (C=O) groups excluding carboxylic acids is 1. The van der Waals surface area contributed by atoms with Gasteiger partial charge in [-0.15, -0.1) is 0 Å². The largest absolute Gasteiger partial charge is 0.344 e. The van der Waals surface area contributed by atoms with Crippen molar-refractivity contribution >= 4 is 11.6 Å². The molecule has 0 aliphatic rings. The summed E-state index contributed by atoms with van der Waals surface area (Å²) in [6.45, 7) is -1.46. The fourth-order valence-electron chi connectivity index (χ4n) is 0.979. The highest BCUT2D eigenvalue weighted by Crippen LogP contribution is 2.21. The first-order chi connectivity index (χ1) is 8.36. The molecule has 1 amide bonds. The van der Waals surface area contributed by atoms with Gasteiger partial charge < -0.3 is 10.7 Å². The number of pyridine rings is 1. The molecule has 9 heteroatoms. The van der Waals surface area contributed by atoms with Crippen LogP contribution in [0.2, 0.25) is 0 Å². The SMILES string of the molecule is NNc1ccc(C(=O)NCC(F)(F)C(F)F)nc1. The summed E-state index contributed by atoms with van der Waals surface area (Å²) in [7, 11) is 0. The number of nitrogens with two attached hydrogens (primary N) is 1. The van der Waals surface area contributed by atoms with Gasteiger partial charge in [-0.3, -0.25) is 10.6 Å². The van der Waals surface area contributed by atoms with Crippen molar-refractivity contribution in [2.24, 2.45) is 5.84 Å². The third-order valence-corrected chi connectivity index (χ3v) is 1.97. The lowest BCUT2D eigenvalue weighted by molar-refractivity contribution is -0.123. The normalized spacial score (nSPS) is 11.4. The zero-order valence-electron chi connectivity index (χ0n) is 8.96. The molecular weight excluding hydrogens is 256 g/mol. The first kappa shape index (κ1) is 14.2. The summed E-state index contributed by atoms with van der Waals surface area (Å²) < 4.78 is 48.7. The summed E-state index contributed by atoms with van der Waals surface area (Å²) in [6, 6.07) is 2.60. The lowest BCUT2D eigenvalue weighted by Gasteiger charge is -2.15. The molecular formula is C9H10F4N4O. The van der Waals surface area contributed by atoms with Crippen LogP contribution in [0.25, 0.3) is 0 Å². The number of alkyl halides is 4. The van der Waals surface area contributed by atoms with Gasteiger partial charge in [0.2, 0.25) is 0 Å². The molecule has 0 aromatic carbocycles. The van der Waals surface area contributed by atoms with E-state index in [2.05, 4.69) is 10.4 Å². The van der Waals surface area contributed by atoms with E-state index in [9.17, 15) is 22.4 Å². The van der Waals surface area contributed by atoms with E-state index in [1.807, 2.05) is 0 Å². The fourth-order valence-corrected chi connectivity index (χ4v) is 0.979. The average Bonchev–Trinajstić information content (AvgIpc) is 2.36. The van der Waals surface area contributed by atoms with E-state index in [1.54, 1.807) is 5.32 Å². The first-order valence-electron chi connectivity index (χ1n) is 4.73. The quantitative estimate of drug-likeness (QED) is 0.422. The fraction of sp³-hybridized carbons (Fsp3) is 0.333. The van der Waals surface area contributed by atoms with E-state index in [0.29, 0.717) is 5.69 Å². The smallest absolute Gasteiger partial charge is 0.324 e. The van der Waals surface area contributed by atoms with Gasteiger partial charge in [-0.25, -0.2) is 13.8 Å². The van der Waals surface area contributed by atoms with Crippen molar-refractivity contribution in [3.63, 3.8) is 0 Å². The topological polar surface area (TPSA) is 80.0 Å². The van der Waals surface area contributed by atoms with Crippen LogP contribution >= 0.6 is 0 Å². The second-order valence-electron chi connectivity index (χ2n) is 3.32. The highest BCUT2D eigenvalue weighted by atomic mass is 19.3. The third-order valence-electron chi connectivity index (χ3n) is 1.97. The molecule has 0 unspecified atom stereocenters. The van der Waals surface area contributed by atoms with Gasteiger partial charge in [-0.2, -0.15) is 8.78 Å². The number of aromatic nitrogens is 1. The van der Waals surface area contributed by atoms with Crippen LogP contribution < -0.4 is 16.6 Å². The summed E-state index contributed by atoms with van der Waals surface area (Å²) in [4.78, 5) is 14.9. The van der Waals surface area contributed by atoms with E-state index < -0.39 is 24.8 Å². The molecule has 0 aliphatic heterocycles. The molecule has 1 aromatic rings. The first-order valence-corrected chi connectivity index (χ1v) is 4.73. The van der Waals surface area contributed by atoms with E-state index in [1.165, 1.54) is 18.3 Å². The second kappa shape index (κ2) is 5.63. The Morgan fingerprint density at radius 2 is 2.11 bits per heavy atom. The number of hydrogen-bond donors (Lipinski definition) is 3. The summed E-state index contributed by atoms with van der Waals surface area (Å²) in [6.07, 6.45) is -2.64. The Hall–Kier alpha value is -1.90. The lowest BCUT2D eigenvalue weighted by atomic mass is 10.3. The maximum atomic E-state index is 12.5. The standard InChI is InChI=1S/C9H10F4N4O/c10-8(11)9(12,13)4-16-7(18)6-2-1-5(17-14)3-15-6/h1-3,8,17H,4,14H2,(H,16,18). The van der Waals surface area contributed by atoms with Crippen molar-refractivity contribution in [1.82, 2.24) is 10.3 Å². The molecule has 0 atom stereocenters. The predicted molar refractivity (Wildman–Crippen MR) is 55.3 cm³/mol. The minimum absolute atomic E-state index is 0.181. The Morgan fingerprint density at radius 1 is 1.44 bits per heavy atom. The monoisotopic (exact) mass is 266 g/mol. The maximum Gasteiger partial charge on any atom is 0.324 e. The molecule has 0 aliphatic carbocycles. The number of hydrazine groups is 1. The molecule has 0 radical (unpaired) electrons. The Balaban J connectivity index is 2.60. The van der Waals surface area contributed by atoms with Gasteiger partial charge in [0.15, 0.2) is 0 Å². The highest BCUT2D eigenvalue weighted by molar-refractivity contribution is 5.92. The van der Waals surface area contributed by atoms with Crippen LogP contribution in [-0.2, 0) is 0 Å². The van der Waals surface area contributed by atoms with Crippen LogP contribution in [0.1, 0.15) is 10.5 Å². The van der Waals surface area contributed by atoms with Crippen molar-refractivity contribution in [2.45, 2.75) is 12.3 Å². The Bertz CT molecular complexity index is 410. The molecule has 1 heterocycles. The number of nitrogen functional groups attached to an aromatic ring is 1. The zero-order chi connectivity index (χ0) is 13.8. The molecule has 0 bridgehead atoms. The summed E-state index contributed by atoms with van der Waals surface area (Å²) in [5.41, 5.74) is 2.48. The van der Waals surface area contributed by atoms with Crippen molar-refractivity contribution in [1.29, 1.82) is 0 Å². The van der Waals surface area contributed by atoms with Crippen molar-refractivity contribution in [3.05, 3.63) is 24.0 Å². The third kappa shape index (κ3) is 3.55. The average molecular weight is 266 g/mol. The Morgan fingerprint density at radius 3 is 2.56 bits per heavy atom. The number of rotatable bonds is 5. The minimum Gasteiger partial charge on any atom is -0.344 e. The summed E-state index contributed by atoms with van der Waals surface area (Å²) >= 11 is 0. The molecule has 0 saturated carbocycles. The van der Waals surface area contributed by atoms with Crippen molar-refractivity contribution in [2.75, 3.05) is 12.0 Å². The molecule has 1 rings (SSSR count). The number of amides is 1. The van der Waals surface area contributed by atoms with Gasteiger partial charge in [0.1, 0.15) is 5.69 Å². The molecule has 0 fully saturated rings. The number of nitrogens with zero attached hydrogens (tertiary/aromatic N) is 1. The summed E-state index contributed by atoms with van der Waals surface area (Å²) in [5.74, 6) is -0.191. The number of anilines is 1. The lowest BCUT2D eigenvalue weighted by Crippen LogP contribution is -2.41. The van der Waals surface area contributed by atoms with Crippen LogP contribution in [0, 0.1) is 0 Å². The molecule has 0 spiro atoms. The summed E-state index contributed by atoms with van der Waals surface area (Å²) in [5, 5.41) is 1.67. The van der Waals surface area contributed by atoms with Gasteiger partial charge in [-0.05, 0) is 12.1 Å². The van der Waals surface area contributed by atoms with Crippen molar-refractivity contribution in [3.8, 4) is 0 Å². The Labute approximate surface area is 99.3 Å². The van der Waals surface area contributed by atoms with E-state index in [4.69, 9.17) is 5.84 Å². The predicted octanol–water partition coefficient (Wildman–Crippen LogP) is 0.997. The molecule has 18 heavy (non-hydrogen) atoms. The highest BCUT2D eigenvalue weighted by Gasteiger charge is 2.40. The number of nitrogens with one attached hydrogen (secondary N) is 2. The van der Waals surface area contributed by atoms with Crippen LogP contribution in [0.5, 0.6) is 0 Å². The molecule has 5 nitrogen and oxygen atoms in total. The van der Waals surface area contributed by atoms with Gasteiger partial charge in [0.25, 0.3) is 5.91 Å². The molecule has 100 valence electrons. The van der Waals surface area contributed by atoms with Crippen LogP contribution in [0.3, 0.4) is 0 Å². The van der Waals surface area contributed by atoms with Gasteiger partial charge >= 0.3 is 12.3 Å². The minimum atomic E-state index is -4.27. The second-order valence-corrected chi connectivity index (χ2v) is 3.32.